The summed E-state index contributed by atoms with van der Waals surface area (Å²) in [7, 11) is 1.98. The fourth-order valence-corrected chi connectivity index (χ4v) is 3.07. The molecule has 4 nitrogen and oxygen atoms in total. The van der Waals surface area contributed by atoms with Gasteiger partial charge in [-0.1, -0.05) is 30.3 Å². The predicted molar refractivity (Wildman–Crippen MR) is 85.0 cm³/mol. The third-order valence-corrected chi connectivity index (χ3v) is 4.17. The Hall–Kier alpha value is -1.65. The summed E-state index contributed by atoms with van der Waals surface area (Å²) in [6.45, 7) is 5.31. The minimum Gasteiger partial charge on any atom is -0.311 e. The van der Waals surface area contributed by atoms with Gasteiger partial charge in [0.1, 0.15) is 0 Å². The molecule has 3 rings (SSSR count). The predicted octanol–water partition coefficient (Wildman–Crippen LogP) is 1.83. The van der Waals surface area contributed by atoms with Crippen molar-refractivity contribution in [3.8, 4) is 0 Å². The van der Waals surface area contributed by atoms with Crippen LogP contribution in [0.4, 0.5) is 0 Å². The largest absolute Gasteiger partial charge is 0.311 e. The van der Waals surface area contributed by atoms with Crippen LogP contribution in [0.5, 0.6) is 0 Å². The molecule has 1 aliphatic heterocycles. The highest BCUT2D eigenvalue weighted by atomic mass is 15.3. The summed E-state index contributed by atoms with van der Waals surface area (Å²) in [5.74, 6) is 0. The molecule has 1 saturated heterocycles. The van der Waals surface area contributed by atoms with Crippen LogP contribution in [0.15, 0.2) is 42.6 Å². The molecule has 0 radical (unpaired) electrons. The Labute approximate surface area is 126 Å². The SMILES string of the molecule is CC1CN(Cc2ccn(C)n2)C(Cc2ccccc2)CN1. The van der Waals surface area contributed by atoms with Crippen LogP contribution in [0, 0.1) is 0 Å². The third-order valence-electron chi connectivity index (χ3n) is 4.17. The zero-order valence-corrected chi connectivity index (χ0v) is 12.9. The summed E-state index contributed by atoms with van der Waals surface area (Å²) in [6, 6.07) is 14.0. The Morgan fingerprint density at radius 2 is 2.05 bits per heavy atom. The molecule has 2 atom stereocenters. The van der Waals surface area contributed by atoms with E-state index in [4.69, 9.17) is 0 Å². The highest BCUT2D eigenvalue weighted by Crippen LogP contribution is 2.15. The van der Waals surface area contributed by atoms with Crippen LogP contribution >= 0.6 is 0 Å². The maximum Gasteiger partial charge on any atom is 0.0764 e. The first kappa shape index (κ1) is 14.3. The third kappa shape index (κ3) is 3.71. The average Bonchev–Trinajstić information content (AvgIpc) is 2.88. The summed E-state index contributed by atoms with van der Waals surface area (Å²) in [4.78, 5) is 2.57. The minimum atomic E-state index is 0.533. The van der Waals surface area contributed by atoms with Gasteiger partial charge in [0.15, 0.2) is 0 Å². The molecule has 1 aliphatic rings. The summed E-state index contributed by atoms with van der Waals surface area (Å²) >= 11 is 0. The molecule has 1 N–H and O–H groups in total. The van der Waals surface area contributed by atoms with Gasteiger partial charge in [0, 0.05) is 45.0 Å². The van der Waals surface area contributed by atoms with Crippen molar-refractivity contribution >= 4 is 0 Å². The number of hydrogen-bond donors (Lipinski definition) is 1. The maximum atomic E-state index is 4.53. The fourth-order valence-electron chi connectivity index (χ4n) is 3.07. The Morgan fingerprint density at radius 3 is 2.76 bits per heavy atom. The first-order chi connectivity index (χ1) is 10.2. The van der Waals surface area contributed by atoms with Gasteiger partial charge in [-0.05, 0) is 25.0 Å². The van der Waals surface area contributed by atoms with E-state index in [1.54, 1.807) is 0 Å². The molecule has 1 fully saturated rings. The second kappa shape index (κ2) is 6.41. The van der Waals surface area contributed by atoms with Gasteiger partial charge < -0.3 is 5.32 Å². The molecule has 0 aliphatic carbocycles. The van der Waals surface area contributed by atoms with E-state index in [0.717, 1.165) is 31.7 Å². The molecule has 0 amide bonds. The van der Waals surface area contributed by atoms with E-state index in [9.17, 15) is 0 Å². The molecule has 0 saturated carbocycles. The molecule has 2 aromatic rings. The van der Waals surface area contributed by atoms with E-state index in [2.05, 4.69) is 58.6 Å². The van der Waals surface area contributed by atoms with Crippen LogP contribution in [0.3, 0.4) is 0 Å². The molecule has 0 spiro atoms. The van der Waals surface area contributed by atoms with E-state index in [1.165, 1.54) is 5.56 Å². The molecule has 2 heterocycles. The van der Waals surface area contributed by atoms with Crippen molar-refractivity contribution in [1.29, 1.82) is 0 Å². The number of piperazine rings is 1. The van der Waals surface area contributed by atoms with Gasteiger partial charge in [0.05, 0.1) is 5.69 Å². The van der Waals surface area contributed by atoms with Crippen molar-refractivity contribution in [2.24, 2.45) is 7.05 Å². The molecule has 112 valence electrons. The molecular formula is C17H24N4. The second-order valence-corrected chi connectivity index (χ2v) is 6.06. The summed E-state index contributed by atoms with van der Waals surface area (Å²) < 4.78 is 1.88. The first-order valence-electron chi connectivity index (χ1n) is 7.70. The van der Waals surface area contributed by atoms with Gasteiger partial charge in [-0.25, -0.2) is 0 Å². The van der Waals surface area contributed by atoms with Gasteiger partial charge in [0.25, 0.3) is 0 Å². The van der Waals surface area contributed by atoms with Crippen LogP contribution < -0.4 is 5.32 Å². The topological polar surface area (TPSA) is 33.1 Å². The first-order valence-corrected chi connectivity index (χ1v) is 7.70. The Morgan fingerprint density at radius 1 is 1.24 bits per heavy atom. The highest BCUT2D eigenvalue weighted by Gasteiger charge is 2.26. The number of nitrogens with zero attached hydrogens (tertiary/aromatic N) is 3. The number of aryl methyl sites for hydroxylation is 1. The van der Waals surface area contributed by atoms with Crippen molar-refractivity contribution < 1.29 is 0 Å². The molecular weight excluding hydrogens is 260 g/mol. The van der Waals surface area contributed by atoms with Crippen molar-refractivity contribution in [3.63, 3.8) is 0 Å². The molecule has 1 aromatic heterocycles. The van der Waals surface area contributed by atoms with Gasteiger partial charge in [-0.3, -0.25) is 9.58 Å². The number of rotatable bonds is 4. The standard InChI is InChI=1S/C17H24N4/c1-14-12-21(13-16-8-9-20(2)19-16)17(11-18-14)10-15-6-4-3-5-7-15/h3-9,14,17-18H,10-13H2,1-2H3. The average molecular weight is 284 g/mol. The number of hydrogen-bond acceptors (Lipinski definition) is 3. The molecule has 1 aromatic carbocycles. The van der Waals surface area contributed by atoms with E-state index >= 15 is 0 Å². The fraction of sp³-hybridized carbons (Fsp3) is 0.471. The van der Waals surface area contributed by atoms with Gasteiger partial charge in [0.2, 0.25) is 0 Å². The second-order valence-electron chi connectivity index (χ2n) is 6.06. The monoisotopic (exact) mass is 284 g/mol. The molecule has 0 bridgehead atoms. The smallest absolute Gasteiger partial charge is 0.0764 e. The summed E-state index contributed by atoms with van der Waals surface area (Å²) in [5, 5.41) is 8.13. The van der Waals surface area contributed by atoms with Crippen LogP contribution in [0.25, 0.3) is 0 Å². The lowest BCUT2D eigenvalue weighted by Crippen LogP contribution is -2.55. The Balaban J connectivity index is 1.70. The van der Waals surface area contributed by atoms with E-state index < -0.39 is 0 Å². The summed E-state index contributed by atoms with van der Waals surface area (Å²) in [5.41, 5.74) is 2.56. The maximum absolute atomic E-state index is 4.53. The number of nitrogens with one attached hydrogen (secondary N) is 1. The van der Waals surface area contributed by atoms with E-state index in [0.29, 0.717) is 12.1 Å². The lowest BCUT2D eigenvalue weighted by molar-refractivity contribution is 0.125. The zero-order valence-electron chi connectivity index (χ0n) is 12.9. The van der Waals surface area contributed by atoms with Crippen molar-refractivity contribution in [2.75, 3.05) is 13.1 Å². The van der Waals surface area contributed by atoms with Crippen LogP contribution in [0.2, 0.25) is 0 Å². The van der Waals surface area contributed by atoms with E-state index in [1.807, 2.05) is 17.9 Å². The molecule has 4 heteroatoms. The molecule has 21 heavy (non-hydrogen) atoms. The zero-order chi connectivity index (χ0) is 14.7. The number of benzene rings is 1. The van der Waals surface area contributed by atoms with Crippen molar-refractivity contribution in [3.05, 3.63) is 53.9 Å². The van der Waals surface area contributed by atoms with Gasteiger partial charge in [-0.15, -0.1) is 0 Å². The highest BCUT2D eigenvalue weighted by molar-refractivity contribution is 5.16. The van der Waals surface area contributed by atoms with Gasteiger partial charge in [-0.2, -0.15) is 5.10 Å². The number of aromatic nitrogens is 2. The lowest BCUT2D eigenvalue weighted by Gasteiger charge is -2.39. The lowest BCUT2D eigenvalue weighted by atomic mass is 10.0. The van der Waals surface area contributed by atoms with Crippen LogP contribution in [-0.4, -0.2) is 39.9 Å². The van der Waals surface area contributed by atoms with Crippen LogP contribution in [0.1, 0.15) is 18.2 Å². The minimum absolute atomic E-state index is 0.533. The quantitative estimate of drug-likeness (QED) is 0.930. The molecule has 2 unspecified atom stereocenters. The van der Waals surface area contributed by atoms with Crippen molar-refractivity contribution in [2.45, 2.75) is 32.0 Å². The Bertz CT molecular complexity index is 563. The van der Waals surface area contributed by atoms with Crippen LogP contribution in [-0.2, 0) is 20.0 Å². The normalized spacial score (nSPS) is 23.3. The summed E-state index contributed by atoms with van der Waals surface area (Å²) in [6.07, 6.45) is 3.11. The van der Waals surface area contributed by atoms with Crippen molar-refractivity contribution in [1.82, 2.24) is 20.0 Å². The van der Waals surface area contributed by atoms with E-state index in [-0.39, 0.29) is 0 Å². The van der Waals surface area contributed by atoms with Gasteiger partial charge >= 0.3 is 0 Å². The Kier molecular flexibility index (Phi) is 4.36.